The van der Waals surface area contributed by atoms with E-state index in [2.05, 4.69) is 15.6 Å². The van der Waals surface area contributed by atoms with E-state index in [4.69, 9.17) is 12.2 Å². The fraction of sp³-hybridized carbons (Fsp3) is 0.316. The molecule has 2 aromatic rings. The molecule has 1 saturated heterocycles. The number of carbonyl (C=O) groups excluding carboxylic acids is 1. The van der Waals surface area contributed by atoms with Crippen molar-refractivity contribution in [2.24, 2.45) is 0 Å². The number of nitrogens with one attached hydrogen (secondary N) is 2. The summed E-state index contributed by atoms with van der Waals surface area (Å²) < 4.78 is 0. The molecule has 4 rings (SSSR count). The number of pyridine rings is 1. The maximum atomic E-state index is 12.6. The Labute approximate surface area is 152 Å². The van der Waals surface area contributed by atoms with Crippen molar-refractivity contribution in [3.63, 3.8) is 0 Å². The summed E-state index contributed by atoms with van der Waals surface area (Å²) in [6.45, 7) is 2.83. The summed E-state index contributed by atoms with van der Waals surface area (Å²) in [5.74, 6) is 0.841. The number of benzene rings is 1. The Hall–Kier alpha value is -2.47. The maximum Gasteiger partial charge on any atom is 0.254 e. The molecule has 1 amide bonds. The van der Waals surface area contributed by atoms with Crippen LogP contribution in [0.4, 0.5) is 11.5 Å². The fourth-order valence-corrected chi connectivity index (χ4v) is 3.88. The van der Waals surface area contributed by atoms with Crippen molar-refractivity contribution in [2.45, 2.75) is 32.2 Å². The summed E-state index contributed by atoms with van der Waals surface area (Å²) in [7, 11) is 0. The van der Waals surface area contributed by atoms with Crippen LogP contribution >= 0.6 is 12.2 Å². The highest BCUT2D eigenvalue weighted by Crippen LogP contribution is 2.43. The lowest BCUT2D eigenvalue weighted by atomic mass is 9.96. The maximum absolute atomic E-state index is 12.6. The number of amides is 1. The van der Waals surface area contributed by atoms with Gasteiger partial charge in [0.15, 0.2) is 5.11 Å². The summed E-state index contributed by atoms with van der Waals surface area (Å²) in [6.07, 6.45) is 5.04. The first-order chi connectivity index (χ1) is 12.1. The zero-order valence-corrected chi connectivity index (χ0v) is 14.9. The third-order valence-corrected chi connectivity index (χ3v) is 5.04. The van der Waals surface area contributed by atoms with Gasteiger partial charge in [0.1, 0.15) is 5.82 Å². The van der Waals surface area contributed by atoms with Crippen LogP contribution in [0.3, 0.4) is 0 Å². The van der Waals surface area contributed by atoms with Gasteiger partial charge in [0.2, 0.25) is 0 Å². The lowest BCUT2D eigenvalue weighted by Crippen LogP contribution is -2.32. The van der Waals surface area contributed by atoms with Crippen molar-refractivity contribution < 1.29 is 4.79 Å². The van der Waals surface area contributed by atoms with Crippen LogP contribution in [-0.2, 0) is 0 Å². The highest BCUT2D eigenvalue weighted by atomic mass is 32.1. The monoisotopic (exact) mass is 352 g/mol. The van der Waals surface area contributed by atoms with Gasteiger partial charge in [0, 0.05) is 29.6 Å². The smallest absolute Gasteiger partial charge is 0.254 e. The first kappa shape index (κ1) is 16.0. The molecule has 5 nitrogen and oxygen atoms in total. The van der Waals surface area contributed by atoms with E-state index in [-0.39, 0.29) is 11.9 Å². The molecule has 3 heterocycles. The van der Waals surface area contributed by atoms with Gasteiger partial charge < -0.3 is 15.5 Å². The van der Waals surface area contributed by atoms with Crippen LogP contribution in [0.25, 0.3) is 0 Å². The Bertz CT molecular complexity index is 834. The summed E-state index contributed by atoms with van der Waals surface area (Å²) in [6, 6.07) is 9.85. The first-order valence-corrected chi connectivity index (χ1v) is 8.99. The molecule has 25 heavy (non-hydrogen) atoms. The van der Waals surface area contributed by atoms with Gasteiger partial charge in [-0.2, -0.15) is 0 Å². The largest absolute Gasteiger partial charge is 0.332 e. The number of nitrogens with zero attached hydrogens (tertiary/aromatic N) is 2. The molecule has 0 spiro atoms. The van der Waals surface area contributed by atoms with Crippen LogP contribution in [0, 0.1) is 6.92 Å². The van der Waals surface area contributed by atoms with Gasteiger partial charge in [0.05, 0.1) is 6.04 Å². The molecule has 1 atom stereocenters. The number of hydrogen-bond acceptors (Lipinski definition) is 3. The molecule has 0 aliphatic carbocycles. The SMILES string of the molecule is Cc1ccc(NC(=S)Nc2cccc3c2C2CCCCN2C3=O)nc1. The van der Waals surface area contributed by atoms with Crippen LogP contribution in [0.5, 0.6) is 0 Å². The molecule has 2 aliphatic rings. The number of anilines is 2. The molecule has 6 heteroatoms. The molecule has 0 saturated carbocycles. The Morgan fingerprint density at radius 3 is 2.92 bits per heavy atom. The van der Waals surface area contributed by atoms with E-state index in [1.807, 2.05) is 42.2 Å². The fourth-order valence-electron chi connectivity index (χ4n) is 3.66. The summed E-state index contributed by atoms with van der Waals surface area (Å²) in [4.78, 5) is 18.9. The van der Waals surface area contributed by atoms with Gasteiger partial charge in [-0.1, -0.05) is 12.1 Å². The van der Waals surface area contributed by atoms with Crippen molar-refractivity contribution >= 4 is 34.7 Å². The minimum absolute atomic E-state index is 0.141. The first-order valence-electron chi connectivity index (χ1n) is 8.58. The molecule has 2 aliphatic heterocycles. The van der Waals surface area contributed by atoms with E-state index in [1.165, 1.54) is 0 Å². The van der Waals surface area contributed by atoms with E-state index in [0.29, 0.717) is 10.9 Å². The van der Waals surface area contributed by atoms with E-state index in [0.717, 1.165) is 48.2 Å². The topological polar surface area (TPSA) is 57.3 Å². The molecule has 0 bridgehead atoms. The Morgan fingerprint density at radius 1 is 1.24 bits per heavy atom. The van der Waals surface area contributed by atoms with Gasteiger partial charge in [-0.15, -0.1) is 0 Å². The van der Waals surface area contributed by atoms with E-state index in [9.17, 15) is 4.79 Å². The Kier molecular flexibility index (Phi) is 4.13. The van der Waals surface area contributed by atoms with E-state index >= 15 is 0 Å². The van der Waals surface area contributed by atoms with Gasteiger partial charge in [-0.05, 0) is 62.2 Å². The molecular weight excluding hydrogens is 332 g/mol. The average molecular weight is 352 g/mol. The zero-order chi connectivity index (χ0) is 17.4. The summed E-state index contributed by atoms with van der Waals surface area (Å²) in [5, 5.41) is 6.84. The normalized spacial score (nSPS) is 18.5. The number of rotatable bonds is 2. The van der Waals surface area contributed by atoms with Crippen molar-refractivity contribution in [3.8, 4) is 0 Å². The van der Waals surface area contributed by atoms with Crippen LogP contribution in [-0.4, -0.2) is 27.4 Å². The number of aryl methyl sites for hydroxylation is 1. The molecule has 0 radical (unpaired) electrons. The third kappa shape index (κ3) is 2.98. The molecular formula is C19H20N4OS. The number of aromatic nitrogens is 1. The number of piperidine rings is 1. The molecule has 1 fully saturated rings. The predicted octanol–water partition coefficient (Wildman–Crippen LogP) is 3.88. The zero-order valence-electron chi connectivity index (χ0n) is 14.1. The van der Waals surface area contributed by atoms with E-state index in [1.54, 1.807) is 6.20 Å². The lowest BCUT2D eigenvalue weighted by molar-refractivity contribution is 0.0672. The van der Waals surface area contributed by atoms with Gasteiger partial charge in [-0.25, -0.2) is 4.98 Å². The van der Waals surface area contributed by atoms with Crippen molar-refractivity contribution in [2.75, 3.05) is 17.2 Å². The Morgan fingerprint density at radius 2 is 2.12 bits per heavy atom. The van der Waals surface area contributed by atoms with Crippen LogP contribution in [0.1, 0.15) is 46.8 Å². The second-order valence-electron chi connectivity index (χ2n) is 6.58. The van der Waals surface area contributed by atoms with Crippen LogP contribution < -0.4 is 10.6 Å². The molecule has 1 unspecified atom stereocenters. The van der Waals surface area contributed by atoms with E-state index < -0.39 is 0 Å². The van der Waals surface area contributed by atoms with Crippen molar-refractivity contribution in [1.82, 2.24) is 9.88 Å². The molecule has 1 aromatic heterocycles. The number of hydrogen-bond donors (Lipinski definition) is 2. The second-order valence-corrected chi connectivity index (χ2v) is 6.99. The van der Waals surface area contributed by atoms with Gasteiger partial charge in [-0.3, -0.25) is 4.79 Å². The molecule has 128 valence electrons. The third-order valence-electron chi connectivity index (χ3n) is 4.83. The molecule has 1 aromatic carbocycles. The van der Waals surface area contributed by atoms with Crippen molar-refractivity contribution in [1.29, 1.82) is 0 Å². The van der Waals surface area contributed by atoms with Gasteiger partial charge >= 0.3 is 0 Å². The number of thiocarbonyl (C=S) groups is 1. The van der Waals surface area contributed by atoms with Crippen molar-refractivity contribution in [3.05, 3.63) is 53.2 Å². The van der Waals surface area contributed by atoms with Crippen LogP contribution in [0.2, 0.25) is 0 Å². The minimum Gasteiger partial charge on any atom is -0.332 e. The lowest BCUT2D eigenvalue weighted by Gasteiger charge is -2.30. The van der Waals surface area contributed by atoms with Gasteiger partial charge in [0.25, 0.3) is 5.91 Å². The standard InChI is InChI=1S/C19H20N4OS/c1-12-8-9-16(20-11-12)22-19(25)21-14-6-4-5-13-17(14)15-7-2-3-10-23(15)18(13)24/h4-6,8-9,11,15H,2-3,7,10H2,1H3,(H2,20,21,22,25). The highest BCUT2D eigenvalue weighted by molar-refractivity contribution is 7.80. The predicted molar refractivity (Wildman–Crippen MR) is 103 cm³/mol. The number of fused-ring (bicyclic) bond motifs is 3. The highest BCUT2D eigenvalue weighted by Gasteiger charge is 2.39. The molecule has 2 N–H and O–H groups in total. The number of carbonyl (C=O) groups is 1. The quantitative estimate of drug-likeness (QED) is 0.804. The summed E-state index contributed by atoms with van der Waals surface area (Å²) >= 11 is 5.44. The average Bonchev–Trinajstić information content (AvgIpc) is 2.91. The second kappa shape index (κ2) is 6.44. The minimum atomic E-state index is 0.141. The van der Waals surface area contributed by atoms with Crippen LogP contribution in [0.15, 0.2) is 36.5 Å². The summed E-state index contributed by atoms with van der Waals surface area (Å²) in [5.41, 5.74) is 3.88. The Balaban J connectivity index is 1.57.